The van der Waals surface area contributed by atoms with Crippen LogP contribution in [0.3, 0.4) is 0 Å². The summed E-state index contributed by atoms with van der Waals surface area (Å²) < 4.78 is 11.8. The van der Waals surface area contributed by atoms with Crippen molar-refractivity contribution in [1.29, 1.82) is 0 Å². The lowest BCUT2D eigenvalue weighted by molar-refractivity contribution is -0.160. The molecule has 0 aliphatic rings. The van der Waals surface area contributed by atoms with E-state index < -0.39 is 20.4 Å². The first kappa shape index (κ1) is 27.9. The zero-order valence-electron chi connectivity index (χ0n) is 20.3. The maximum Gasteiger partial charge on any atom is 0.334 e. The molecule has 0 aromatic carbocycles. The molecule has 0 amide bonds. The molecule has 0 heterocycles. The molecule has 4 nitrogen and oxygen atoms in total. The summed E-state index contributed by atoms with van der Waals surface area (Å²) in [6, 6.07) is 2.97. The second kappa shape index (κ2) is 14.0. The standard InChI is InChI=1S/C24H46O4Si/c1-10-11-22(27-23(25)21(8)9)24(26)28-29(15-12-18(2)3,16-13-19(4)5)17-14-20(6)7/h18-20,22H,8,10-17H2,1-7,9H3. The SMILES string of the molecule is C=C(C)C(=O)OC(CCC)C(=O)O[Si](CCC(C)C)(CCC(C)C)CCC(C)C. The van der Waals surface area contributed by atoms with Crippen molar-refractivity contribution >= 4 is 20.3 Å². The van der Waals surface area contributed by atoms with Crippen LogP contribution in [0.15, 0.2) is 12.2 Å². The summed E-state index contributed by atoms with van der Waals surface area (Å²) in [7, 11) is -2.28. The van der Waals surface area contributed by atoms with Crippen LogP contribution in [0.2, 0.25) is 18.1 Å². The molecule has 0 saturated heterocycles. The first-order chi connectivity index (χ1) is 13.4. The van der Waals surface area contributed by atoms with E-state index in [-0.39, 0.29) is 5.97 Å². The van der Waals surface area contributed by atoms with Crippen LogP contribution in [0.25, 0.3) is 0 Å². The second-order valence-corrected chi connectivity index (χ2v) is 13.9. The topological polar surface area (TPSA) is 52.6 Å². The summed E-state index contributed by atoms with van der Waals surface area (Å²) in [6.45, 7) is 20.5. The molecule has 0 aliphatic carbocycles. The molecular formula is C24H46O4Si. The number of esters is 1. The van der Waals surface area contributed by atoms with Gasteiger partial charge in [-0.2, -0.15) is 0 Å². The van der Waals surface area contributed by atoms with Crippen LogP contribution in [-0.2, 0) is 18.8 Å². The minimum atomic E-state index is -2.28. The van der Waals surface area contributed by atoms with E-state index in [1.54, 1.807) is 6.92 Å². The molecule has 0 aliphatic heterocycles. The Labute approximate surface area is 180 Å². The van der Waals surface area contributed by atoms with Crippen molar-refractivity contribution in [2.75, 3.05) is 0 Å². The highest BCUT2D eigenvalue weighted by molar-refractivity contribution is 6.75. The van der Waals surface area contributed by atoms with Gasteiger partial charge in [-0.15, -0.1) is 0 Å². The van der Waals surface area contributed by atoms with Gasteiger partial charge >= 0.3 is 11.9 Å². The third-order valence-corrected chi connectivity index (χ3v) is 9.49. The van der Waals surface area contributed by atoms with Crippen LogP contribution in [0.1, 0.15) is 87.5 Å². The molecular weight excluding hydrogens is 380 g/mol. The lowest BCUT2D eigenvalue weighted by Gasteiger charge is -2.34. The lowest BCUT2D eigenvalue weighted by Crippen LogP contribution is -2.45. The zero-order chi connectivity index (χ0) is 22.6. The first-order valence-electron chi connectivity index (χ1n) is 11.5. The fourth-order valence-electron chi connectivity index (χ4n) is 3.18. The van der Waals surface area contributed by atoms with Crippen LogP contribution in [0.5, 0.6) is 0 Å². The smallest absolute Gasteiger partial charge is 0.334 e. The predicted molar refractivity (Wildman–Crippen MR) is 124 cm³/mol. The summed E-state index contributed by atoms with van der Waals surface area (Å²) in [4.78, 5) is 25.2. The summed E-state index contributed by atoms with van der Waals surface area (Å²) in [5.41, 5.74) is 0.307. The van der Waals surface area contributed by atoms with E-state index in [4.69, 9.17) is 9.16 Å². The van der Waals surface area contributed by atoms with Crippen LogP contribution in [0.4, 0.5) is 0 Å². The van der Waals surface area contributed by atoms with Crippen molar-refractivity contribution < 1.29 is 18.8 Å². The highest BCUT2D eigenvalue weighted by Crippen LogP contribution is 2.33. The van der Waals surface area contributed by atoms with E-state index >= 15 is 0 Å². The van der Waals surface area contributed by atoms with Crippen molar-refractivity contribution in [3.05, 3.63) is 12.2 Å². The fourth-order valence-corrected chi connectivity index (χ4v) is 8.10. The van der Waals surface area contributed by atoms with E-state index in [0.29, 0.717) is 29.7 Å². The zero-order valence-corrected chi connectivity index (χ0v) is 21.3. The van der Waals surface area contributed by atoms with Crippen molar-refractivity contribution in [3.63, 3.8) is 0 Å². The average molecular weight is 427 g/mol. The maximum atomic E-state index is 13.1. The minimum absolute atomic E-state index is 0.307. The quantitative estimate of drug-likeness (QED) is 0.162. The van der Waals surface area contributed by atoms with E-state index in [9.17, 15) is 9.59 Å². The number of carbonyl (C=O) groups excluding carboxylic acids is 2. The summed E-state index contributed by atoms with van der Waals surface area (Å²) in [6.07, 6.45) is 3.62. The number of hydrogen-bond donors (Lipinski definition) is 0. The molecule has 0 aromatic heterocycles. The Morgan fingerprint density at radius 3 is 1.55 bits per heavy atom. The maximum absolute atomic E-state index is 13.1. The third-order valence-electron chi connectivity index (χ3n) is 5.26. The van der Waals surface area contributed by atoms with Gasteiger partial charge in [0.25, 0.3) is 8.32 Å². The highest BCUT2D eigenvalue weighted by Gasteiger charge is 2.40. The summed E-state index contributed by atoms with van der Waals surface area (Å²) in [5, 5.41) is 0. The minimum Gasteiger partial charge on any atom is -0.516 e. The van der Waals surface area contributed by atoms with E-state index in [1.807, 2.05) is 6.92 Å². The van der Waals surface area contributed by atoms with Gasteiger partial charge in [-0.05, 0) is 49.2 Å². The molecule has 29 heavy (non-hydrogen) atoms. The van der Waals surface area contributed by atoms with E-state index in [1.165, 1.54) is 0 Å². The molecule has 170 valence electrons. The fraction of sp³-hybridized carbons (Fsp3) is 0.833. The average Bonchev–Trinajstić information content (AvgIpc) is 2.62. The van der Waals surface area contributed by atoms with E-state index in [2.05, 4.69) is 48.1 Å². The van der Waals surface area contributed by atoms with Crippen LogP contribution >= 0.6 is 0 Å². The predicted octanol–water partition coefficient (Wildman–Crippen LogP) is 6.90. The monoisotopic (exact) mass is 426 g/mol. The largest absolute Gasteiger partial charge is 0.516 e. The molecule has 0 rings (SSSR count). The molecule has 0 fully saturated rings. The number of hydrogen-bond acceptors (Lipinski definition) is 4. The molecule has 0 bridgehead atoms. The van der Waals surface area contributed by atoms with Crippen LogP contribution in [0, 0.1) is 17.8 Å². The second-order valence-electron chi connectivity index (χ2n) is 9.86. The molecule has 0 aromatic rings. The van der Waals surface area contributed by atoms with Gasteiger partial charge in [-0.25, -0.2) is 9.59 Å². The number of carbonyl (C=O) groups is 2. The van der Waals surface area contributed by atoms with E-state index in [0.717, 1.165) is 43.8 Å². The Balaban J connectivity index is 5.61. The van der Waals surface area contributed by atoms with Gasteiger partial charge < -0.3 is 9.16 Å². The molecule has 0 N–H and O–H groups in total. The Kier molecular flexibility index (Phi) is 13.5. The Bertz CT molecular complexity index is 480. The Hall–Kier alpha value is -1.10. The normalized spacial score (nSPS) is 13.1. The number of ether oxygens (including phenoxy) is 1. The molecule has 1 atom stereocenters. The number of rotatable bonds is 15. The van der Waals surface area contributed by atoms with Crippen molar-refractivity contribution in [1.82, 2.24) is 0 Å². The van der Waals surface area contributed by atoms with Gasteiger partial charge in [0.05, 0.1) is 0 Å². The molecule has 0 saturated carbocycles. The third kappa shape index (κ3) is 12.2. The van der Waals surface area contributed by atoms with Crippen LogP contribution in [-0.4, -0.2) is 26.4 Å². The van der Waals surface area contributed by atoms with Crippen molar-refractivity contribution in [3.8, 4) is 0 Å². The van der Waals surface area contributed by atoms with Gasteiger partial charge in [-0.3, -0.25) is 0 Å². The first-order valence-corrected chi connectivity index (χ1v) is 14.0. The summed E-state index contributed by atoms with van der Waals surface area (Å²) >= 11 is 0. The molecule has 0 spiro atoms. The van der Waals surface area contributed by atoms with Crippen molar-refractivity contribution in [2.24, 2.45) is 17.8 Å². The van der Waals surface area contributed by atoms with Gasteiger partial charge in [0.1, 0.15) is 0 Å². The van der Waals surface area contributed by atoms with Gasteiger partial charge in [0.2, 0.25) is 0 Å². The molecule has 5 heteroatoms. The molecule has 0 radical (unpaired) electrons. The van der Waals surface area contributed by atoms with Gasteiger partial charge in [-0.1, -0.05) is 80.7 Å². The Morgan fingerprint density at radius 2 is 1.24 bits per heavy atom. The van der Waals surface area contributed by atoms with Gasteiger partial charge in [0.15, 0.2) is 6.10 Å². The van der Waals surface area contributed by atoms with Gasteiger partial charge in [0, 0.05) is 5.57 Å². The Morgan fingerprint density at radius 1 is 0.828 bits per heavy atom. The lowest BCUT2D eigenvalue weighted by atomic mass is 10.2. The van der Waals surface area contributed by atoms with Crippen molar-refractivity contribution in [2.45, 2.75) is 112 Å². The highest BCUT2D eigenvalue weighted by atomic mass is 28.4. The summed E-state index contributed by atoms with van der Waals surface area (Å²) in [5.74, 6) is 0.868. The van der Waals surface area contributed by atoms with Crippen LogP contribution < -0.4 is 0 Å². The molecule has 1 unspecified atom stereocenters.